The fourth-order valence-electron chi connectivity index (χ4n) is 2.35. The Morgan fingerprint density at radius 1 is 1.13 bits per heavy atom. The van der Waals surface area contributed by atoms with Crippen molar-refractivity contribution in [3.8, 4) is 0 Å². The van der Waals surface area contributed by atoms with Gasteiger partial charge in [-0.3, -0.25) is 4.79 Å². The first-order valence-corrected chi connectivity index (χ1v) is 7.06. The molecule has 2 aromatic rings. The summed E-state index contributed by atoms with van der Waals surface area (Å²) in [5.74, 6) is -1.31. The van der Waals surface area contributed by atoms with Gasteiger partial charge in [0.25, 0.3) is 5.91 Å². The molecule has 0 fully saturated rings. The first kappa shape index (κ1) is 14.7. The molecule has 1 N–H and O–H groups in total. The Labute approximate surface area is 133 Å². The molecule has 23 heavy (non-hydrogen) atoms. The van der Waals surface area contributed by atoms with Gasteiger partial charge in [0.15, 0.2) is 0 Å². The smallest absolute Gasteiger partial charge is 0.335 e. The zero-order valence-corrected chi connectivity index (χ0v) is 12.4. The van der Waals surface area contributed by atoms with Crippen LogP contribution in [0.15, 0.2) is 65.3 Å². The average Bonchev–Trinajstić information content (AvgIpc) is 2.84. The van der Waals surface area contributed by atoms with E-state index in [2.05, 4.69) is 5.10 Å². The molecule has 0 aliphatic carbocycles. The normalized spacial score (nSPS) is 15.9. The summed E-state index contributed by atoms with van der Waals surface area (Å²) >= 11 is 0. The van der Waals surface area contributed by atoms with Gasteiger partial charge in [-0.25, -0.2) is 4.79 Å². The summed E-state index contributed by atoms with van der Waals surface area (Å²) in [4.78, 5) is 23.7. The number of carboxylic acid groups (broad SMARTS) is 1. The molecule has 0 saturated carbocycles. The van der Waals surface area contributed by atoms with Crippen LogP contribution in [0.2, 0.25) is 0 Å². The first-order valence-electron chi connectivity index (χ1n) is 7.06. The first-order chi connectivity index (χ1) is 11.1. The number of hydrogen-bond donors (Lipinski definition) is 1. The highest BCUT2D eigenvalue weighted by Crippen LogP contribution is 2.25. The highest BCUT2D eigenvalue weighted by Gasteiger charge is 2.28. The van der Waals surface area contributed by atoms with Crippen LogP contribution in [0.4, 0.5) is 5.69 Å². The van der Waals surface area contributed by atoms with Crippen LogP contribution in [0.1, 0.15) is 22.8 Å². The Hall–Kier alpha value is -3.21. The summed E-state index contributed by atoms with van der Waals surface area (Å²) in [6.07, 6.45) is 1.78. The predicted molar refractivity (Wildman–Crippen MR) is 88.4 cm³/mol. The van der Waals surface area contributed by atoms with E-state index in [1.165, 1.54) is 17.1 Å². The molecule has 0 radical (unpaired) electrons. The van der Waals surface area contributed by atoms with E-state index < -0.39 is 5.97 Å². The molecule has 0 aromatic heterocycles. The number of aromatic carboxylic acids is 1. The summed E-state index contributed by atoms with van der Waals surface area (Å²) in [6.45, 7) is 1.76. The van der Waals surface area contributed by atoms with Gasteiger partial charge in [0.1, 0.15) is 0 Å². The number of anilines is 1. The summed E-state index contributed by atoms with van der Waals surface area (Å²) in [5, 5.41) is 14.6. The van der Waals surface area contributed by atoms with Crippen molar-refractivity contribution >= 4 is 29.4 Å². The lowest BCUT2D eigenvalue weighted by Crippen LogP contribution is -2.21. The van der Waals surface area contributed by atoms with Crippen LogP contribution in [-0.2, 0) is 4.79 Å². The van der Waals surface area contributed by atoms with E-state index >= 15 is 0 Å². The maximum Gasteiger partial charge on any atom is 0.335 e. The second-order valence-corrected chi connectivity index (χ2v) is 5.13. The third-order valence-electron chi connectivity index (χ3n) is 3.51. The van der Waals surface area contributed by atoms with Crippen molar-refractivity contribution in [3.63, 3.8) is 0 Å². The van der Waals surface area contributed by atoms with Crippen LogP contribution in [0, 0.1) is 0 Å². The average molecular weight is 306 g/mol. The lowest BCUT2D eigenvalue weighted by molar-refractivity contribution is -0.114. The van der Waals surface area contributed by atoms with Crippen molar-refractivity contribution in [2.75, 3.05) is 5.01 Å². The molecular weight excluding hydrogens is 292 g/mol. The summed E-state index contributed by atoms with van der Waals surface area (Å²) in [5.41, 5.74) is 2.55. The molecule has 2 aromatic carbocycles. The van der Waals surface area contributed by atoms with Crippen LogP contribution < -0.4 is 5.01 Å². The van der Waals surface area contributed by atoms with Crippen molar-refractivity contribution in [1.29, 1.82) is 0 Å². The highest BCUT2D eigenvalue weighted by atomic mass is 16.4. The molecule has 5 heteroatoms. The van der Waals surface area contributed by atoms with Gasteiger partial charge in [-0.1, -0.05) is 36.4 Å². The lowest BCUT2D eigenvalue weighted by Gasteiger charge is -2.12. The minimum Gasteiger partial charge on any atom is -0.478 e. The summed E-state index contributed by atoms with van der Waals surface area (Å²) < 4.78 is 0. The molecular formula is C18H14N2O3. The Balaban J connectivity index is 1.96. The van der Waals surface area contributed by atoms with Gasteiger partial charge in [0.2, 0.25) is 0 Å². The SMILES string of the molecule is CC1=NN(c2cccc(C(=O)O)c2)C(=O)/C1=C\c1ccccc1. The second-order valence-electron chi connectivity index (χ2n) is 5.13. The van der Waals surface area contributed by atoms with Crippen molar-refractivity contribution in [3.05, 3.63) is 71.3 Å². The van der Waals surface area contributed by atoms with Crippen LogP contribution >= 0.6 is 0 Å². The van der Waals surface area contributed by atoms with Crippen LogP contribution in [0.25, 0.3) is 6.08 Å². The largest absolute Gasteiger partial charge is 0.478 e. The molecule has 1 aliphatic rings. The minimum atomic E-state index is -1.04. The fourth-order valence-corrected chi connectivity index (χ4v) is 2.35. The number of carbonyl (C=O) groups is 2. The predicted octanol–water partition coefficient (Wildman–Crippen LogP) is 3.19. The molecule has 0 spiro atoms. The molecule has 0 atom stereocenters. The maximum absolute atomic E-state index is 12.6. The van der Waals surface area contributed by atoms with Crippen molar-refractivity contribution in [2.24, 2.45) is 5.10 Å². The van der Waals surface area contributed by atoms with E-state index in [9.17, 15) is 9.59 Å². The zero-order chi connectivity index (χ0) is 16.4. The third kappa shape index (κ3) is 2.89. The number of benzene rings is 2. The van der Waals surface area contributed by atoms with Crippen molar-refractivity contribution < 1.29 is 14.7 Å². The Morgan fingerprint density at radius 2 is 1.87 bits per heavy atom. The number of hydrogen-bond acceptors (Lipinski definition) is 3. The fraction of sp³-hybridized carbons (Fsp3) is 0.0556. The number of hydrazone groups is 1. The van der Waals surface area contributed by atoms with E-state index in [1.54, 1.807) is 25.1 Å². The number of rotatable bonds is 3. The summed E-state index contributed by atoms with van der Waals surface area (Å²) in [6, 6.07) is 15.7. The van der Waals surface area contributed by atoms with Crippen LogP contribution in [0.5, 0.6) is 0 Å². The van der Waals surface area contributed by atoms with E-state index in [0.29, 0.717) is 17.0 Å². The van der Waals surface area contributed by atoms with Gasteiger partial charge < -0.3 is 5.11 Å². The van der Waals surface area contributed by atoms with E-state index in [0.717, 1.165) is 5.56 Å². The molecule has 1 amide bonds. The Kier molecular flexibility index (Phi) is 3.76. The molecule has 0 saturated heterocycles. The Bertz CT molecular complexity index is 838. The van der Waals surface area contributed by atoms with Crippen LogP contribution in [-0.4, -0.2) is 22.7 Å². The topological polar surface area (TPSA) is 70.0 Å². The molecule has 5 nitrogen and oxygen atoms in total. The monoisotopic (exact) mass is 306 g/mol. The highest BCUT2D eigenvalue weighted by molar-refractivity contribution is 6.32. The maximum atomic E-state index is 12.6. The summed E-state index contributed by atoms with van der Waals surface area (Å²) in [7, 11) is 0. The van der Waals surface area contributed by atoms with Gasteiger partial charge in [0, 0.05) is 0 Å². The number of carboxylic acids is 1. The standard InChI is InChI=1S/C18H14N2O3/c1-12-16(10-13-6-3-2-4-7-13)17(21)20(19-12)15-9-5-8-14(11-15)18(22)23/h2-11H,1H3,(H,22,23)/b16-10-. The van der Waals surface area contributed by atoms with E-state index in [-0.39, 0.29) is 11.5 Å². The second kappa shape index (κ2) is 5.88. The lowest BCUT2D eigenvalue weighted by atomic mass is 10.1. The third-order valence-corrected chi connectivity index (χ3v) is 3.51. The van der Waals surface area contributed by atoms with E-state index in [4.69, 9.17) is 5.11 Å². The van der Waals surface area contributed by atoms with Crippen LogP contribution in [0.3, 0.4) is 0 Å². The van der Waals surface area contributed by atoms with Gasteiger partial charge in [0.05, 0.1) is 22.5 Å². The van der Waals surface area contributed by atoms with E-state index in [1.807, 2.05) is 30.3 Å². The minimum absolute atomic E-state index is 0.114. The molecule has 0 bridgehead atoms. The van der Waals surface area contributed by atoms with Gasteiger partial charge in [-0.2, -0.15) is 10.1 Å². The number of carbonyl (C=O) groups excluding carboxylic acids is 1. The molecule has 3 rings (SSSR count). The van der Waals surface area contributed by atoms with Gasteiger partial charge in [-0.05, 0) is 36.8 Å². The zero-order valence-electron chi connectivity index (χ0n) is 12.4. The molecule has 1 heterocycles. The van der Waals surface area contributed by atoms with Crippen molar-refractivity contribution in [2.45, 2.75) is 6.92 Å². The quantitative estimate of drug-likeness (QED) is 0.885. The molecule has 114 valence electrons. The number of nitrogens with zero attached hydrogens (tertiary/aromatic N) is 2. The molecule has 0 unspecified atom stereocenters. The Morgan fingerprint density at radius 3 is 2.57 bits per heavy atom. The number of amides is 1. The van der Waals surface area contributed by atoms with Gasteiger partial charge in [-0.15, -0.1) is 0 Å². The van der Waals surface area contributed by atoms with Crippen molar-refractivity contribution in [1.82, 2.24) is 0 Å². The van der Waals surface area contributed by atoms with Gasteiger partial charge >= 0.3 is 5.97 Å². The molecule has 1 aliphatic heterocycles.